The molecule has 2 aromatic carbocycles. The van der Waals surface area contributed by atoms with Crippen LogP contribution in [0.15, 0.2) is 66.0 Å². The summed E-state index contributed by atoms with van der Waals surface area (Å²) in [5, 5.41) is 18.3. The Labute approximate surface area is 235 Å². The third kappa shape index (κ3) is 9.70. The van der Waals surface area contributed by atoms with Gasteiger partial charge in [-0.25, -0.2) is 14.6 Å². The molecule has 0 spiro atoms. The molecule has 2 atom stereocenters. The number of aromatic nitrogens is 2. The Bertz CT molecular complexity index is 1260. The Morgan fingerprint density at radius 3 is 2.36 bits per heavy atom. The number of aliphatic carboxylic acids is 2. The third-order valence-corrected chi connectivity index (χ3v) is 7.14. The molecule has 3 N–H and O–H groups in total. The molecule has 0 saturated carbocycles. The van der Waals surface area contributed by atoms with Crippen LogP contribution in [0.25, 0.3) is 0 Å². The minimum atomic E-state index is -1.82. The Hall–Kier alpha value is -3.38. The number of nitrogens with zero attached hydrogens (tertiary/aromatic N) is 2. The standard InChI is InChI=1S/C25H28ClN3O3S.C2H2O4/c1-18-13-27-17-29(18)16-25(12-11-20-3-5-21(26)6-4-20)31-14-23(32-25)15-33-24-9-7-22(8-10-24)28-19(2)30;3-1(4)2(5)6/h3-10,13,17,23H,11-12,14-16H2,1-2H3,(H,28,30);(H,3,4)(H,5,6)/t23-,25-;/m0./s1. The summed E-state index contributed by atoms with van der Waals surface area (Å²) in [6, 6.07) is 15.8. The molecule has 0 aliphatic carbocycles. The van der Waals surface area contributed by atoms with Crippen molar-refractivity contribution in [3.63, 3.8) is 0 Å². The number of aryl methyl sites for hydroxylation is 2. The first-order valence-electron chi connectivity index (χ1n) is 12.0. The number of carbonyl (C=O) groups excluding carboxylic acids is 1. The Morgan fingerprint density at radius 1 is 1.13 bits per heavy atom. The van der Waals surface area contributed by atoms with Gasteiger partial charge in [-0.1, -0.05) is 23.7 Å². The van der Waals surface area contributed by atoms with Crippen LogP contribution in [0.2, 0.25) is 5.02 Å². The first kappa shape index (κ1) is 30.2. The van der Waals surface area contributed by atoms with Crippen LogP contribution in [0, 0.1) is 6.92 Å². The van der Waals surface area contributed by atoms with Gasteiger partial charge in [-0.05, 0) is 55.3 Å². The van der Waals surface area contributed by atoms with Crippen LogP contribution in [0.1, 0.15) is 24.6 Å². The predicted octanol–water partition coefficient (Wildman–Crippen LogP) is 4.50. The van der Waals surface area contributed by atoms with Crippen molar-refractivity contribution in [2.45, 2.75) is 50.0 Å². The molecule has 1 aliphatic rings. The SMILES string of the molecule is CC(=O)Nc1ccc(SC[C@@H]2CO[C@](CCc3ccc(Cl)cc3)(Cn3cncc3C)O2)cc1.O=C(O)C(=O)O. The molecule has 0 unspecified atom stereocenters. The first-order valence-corrected chi connectivity index (χ1v) is 13.4. The number of carboxylic acid groups (broad SMARTS) is 2. The number of imidazole rings is 1. The Morgan fingerprint density at radius 2 is 1.79 bits per heavy atom. The van der Waals surface area contributed by atoms with Gasteiger partial charge in [0.15, 0.2) is 5.79 Å². The number of ether oxygens (including phenoxy) is 2. The van der Waals surface area contributed by atoms with Gasteiger partial charge in [-0.3, -0.25) is 4.79 Å². The number of carboxylic acids is 2. The van der Waals surface area contributed by atoms with Crippen molar-refractivity contribution in [1.29, 1.82) is 0 Å². The number of halogens is 1. The maximum Gasteiger partial charge on any atom is 0.414 e. The number of nitrogens with one attached hydrogen (secondary N) is 1. The lowest BCUT2D eigenvalue weighted by Crippen LogP contribution is -2.37. The molecule has 39 heavy (non-hydrogen) atoms. The lowest BCUT2D eigenvalue weighted by atomic mass is 10.0. The highest BCUT2D eigenvalue weighted by molar-refractivity contribution is 7.99. The summed E-state index contributed by atoms with van der Waals surface area (Å²) in [7, 11) is 0. The van der Waals surface area contributed by atoms with Crippen molar-refractivity contribution in [1.82, 2.24) is 9.55 Å². The summed E-state index contributed by atoms with van der Waals surface area (Å²) in [5.74, 6) is -3.64. The number of hydrogen-bond acceptors (Lipinski definition) is 7. The van der Waals surface area contributed by atoms with Crippen molar-refractivity contribution < 1.29 is 34.1 Å². The maximum absolute atomic E-state index is 11.2. The van der Waals surface area contributed by atoms with Crippen molar-refractivity contribution in [3.05, 3.63) is 77.3 Å². The highest BCUT2D eigenvalue weighted by Gasteiger charge is 2.41. The summed E-state index contributed by atoms with van der Waals surface area (Å²) in [6.45, 7) is 4.68. The zero-order chi connectivity index (χ0) is 28.4. The van der Waals surface area contributed by atoms with Crippen LogP contribution < -0.4 is 5.32 Å². The number of amides is 1. The number of rotatable bonds is 9. The second-order valence-corrected chi connectivity index (χ2v) is 10.4. The number of anilines is 1. The van der Waals surface area contributed by atoms with Crippen LogP contribution in [0.3, 0.4) is 0 Å². The van der Waals surface area contributed by atoms with Gasteiger partial charge in [0, 0.05) is 46.6 Å². The molecular formula is C27H30ClN3O7S. The second-order valence-electron chi connectivity index (χ2n) is 8.88. The average molecular weight is 576 g/mol. The van der Waals surface area contributed by atoms with Gasteiger partial charge in [-0.15, -0.1) is 11.8 Å². The van der Waals surface area contributed by atoms with E-state index in [1.807, 2.05) is 68.0 Å². The first-order chi connectivity index (χ1) is 18.5. The van der Waals surface area contributed by atoms with Gasteiger partial charge in [0.2, 0.25) is 5.91 Å². The molecule has 0 radical (unpaired) electrons. The lowest BCUT2D eigenvalue weighted by molar-refractivity contribution is -0.180. The van der Waals surface area contributed by atoms with E-state index in [9.17, 15) is 4.79 Å². The van der Waals surface area contributed by atoms with E-state index in [0.717, 1.165) is 39.9 Å². The summed E-state index contributed by atoms with van der Waals surface area (Å²) in [6.07, 6.45) is 5.22. The fourth-order valence-electron chi connectivity index (χ4n) is 3.82. The summed E-state index contributed by atoms with van der Waals surface area (Å²) < 4.78 is 14.9. The molecular weight excluding hydrogens is 546 g/mol. The summed E-state index contributed by atoms with van der Waals surface area (Å²) in [5.41, 5.74) is 3.07. The fourth-order valence-corrected chi connectivity index (χ4v) is 4.81. The normalized spacial score (nSPS) is 18.2. The van der Waals surface area contributed by atoms with Crippen LogP contribution >= 0.6 is 23.4 Å². The summed E-state index contributed by atoms with van der Waals surface area (Å²) >= 11 is 7.75. The van der Waals surface area contributed by atoms with Crippen molar-refractivity contribution >= 4 is 46.9 Å². The molecule has 1 aromatic heterocycles. The van der Waals surface area contributed by atoms with Crippen LogP contribution in [0.5, 0.6) is 0 Å². The van der Waals surface area contributed by atoms with Crippen LogP contribution in [-0.4, -0.2) is 61.9 Å². The van der Waals surface area contributed by atoms with Crippen molar-refractivity contribution in [3.8, 4) is 0 Å². The molecule has 12 heteroatoms. The molecule has 4 rings (SSSR count). The number of carbonyl (C=O) groups is 3. The number of benzene rings is 2. The van der Waals surface area contributed by atoms with Gasteiger partial charge in [0.05, 0.1) is 25.6 Å². The smallest absolute Gasteiger partial charge is 0.414 e. The van der Waals surface area contributed by atoms with E-state index in [-0.39, 0.29) is 12.0 Å². The van der Waals surface area contributed by atoms with Gasteiger partial charge in [-0.2, -0.15) is 0 Å². The molecule has 1 saturated heterocycles. The molecule has 2 heterocycles. The minimum Gasteiger partial charge on any atom is -0.473 e. The largest absolute Gasteiger partial charge is 0.473 e. The van der Waals surface area contributed by atoms with Crippen LogP contribution in [0.4, 0.5) is 5.69 Å². The molecule has 3 aromatic rings. The topological polar surface area (TPSA) is 140 Å². The Kier molecular flexibility index (Phi) is 10.9. The zero-order valence-corrected chi connectivity index (χ0v) is 23.1. The van der Waals surface area contributed by atoms with E-state index in [1.165, 1.54) is 12.5 Å². The minimum absolute atomic E-state index is 0.0148. The highest BCUT2D eigenvalue weighted by atomic mass is 35.5. The highest BCUT2D eigenvalue weighted by Crippen LogP contribution is 2.34. The van der Waals surface area contributed by atoms with Crippen LogP contribution in [-0.2, 0) is 36.8 Å². The molecule has 208 valence electrons. The van der Waals surface area contributed by atoms with E-state index in [1.54, 1.807) is 11.8 Å². The second kappa shape index (κ2) is 14.1. The molecule has 1 amide bonds. The predicted molar refractivity (Wildman–Crippen MR) is 147 cm³/mol. The quantitative estimate of drug-likeness (QED) is 0.248. The zero-order valence-electron chi connectivity index (χ0n) is 21.5. The maximum atomic E-state index is 11.2. The molecule has 1 fully saturated rings. The van der Waals surface area contributed by atoms with Crippen molar-refractivity contribution in [2.24, 2.45) is 0 Å². The fraction of sp³-hybridized carbons (Fsp3) is 0.333. The van der Waals surface area contributed by atoms with E-state index in [2.05, 4.69) is 14.9 Å². The number of thioether (sulfide) groups is 1. The Balaban J connectivity index is 0.000000631. The molecule has 10 nitrogen and oxygen atoms in total. The average Bonchev–Trinajstić information content (AvgIpc) is 3.49. The monoisotopic (exact) mass is 575 g/mol. The van der Waals surface area contributed by atoms with Crippen molar-refractivity contribution in [2.75, 3.05) is 17.7 Å². The van der Waals surface area contributed by atoms with E-state index < -0.39 is 17.7 Å². The van der Waals surface area contributed by atoms with Gasteiger partial charge in [0.1, 0.15) is 0 Å². The number of hydrogen-bond donors (Lipinski definition) is 3. The van der Waals surface area contributed by atoms with Gasteiger partial charge < -0.3 is 29.6 Å². The summed E-state index contributed by atoms with van der Waals surface area (Å²) in [4.78, 5) is 34.8. The van der Waals surface area contributed by atoms with Gasteiger partial charge >= 0.3 is 11.9 Å². The lowest BCUT2D eigenvalue weighted by Gasteiger charge is -2.29. The molecule has 0 bridgehead atoms. The van der Waals surface area contributed by atoms with E-state index in [4.69, 9.17) is 40.9 Å². The van der Waals surface area contributed by atoms with Gasteiger partial charge in [0.25, 0.3) is 0 Å². The molecule has 1 aliphatic heterocycles. The van der Waals surface area contributed by atoms with E-state index in [0.29, 0.717) is 13.2 Å². The third-order valence-electron chi connectivity index (χ3n) is 5.75. The van der Waals surface area contributed by atoms with E-state index >= 15 is 0 Å².